The molecule has 0 aromatic rings. The Morgan fingerprint density at radius 1 is 1.62 bits per heavy atom. The number of hydrazine groups is 1. The normalized spacial score (nSPS) is 23.2. The van der Waals surface area contributed by atoms with Crippen LogP contribution >= 0.6 is 0 Å². The molecule has 1 unspecified atom stereocenters. The monoisotopic (exact) mass is 185 g/mol. The van der Waals surface area contributed by atoms with Crippen molar-refractivity contribution in [2.75, 3.05) is 27.2 Å². The molecule has 1 atom stereocenters. The van der Waals surface area contributed by atoms with Crippen molar-refractivity contribution in [3.63, 3.8) is 0 Å². The molecule has 1 rings (SSSR count). The topological polar surface area (TPSA) is 35.6 Å². The quantitative estimate of drug-likeness (QED) is 0.673. The summed E-state index contributed by atoms with van der Waals surface area (Å²) in [5, 5.41) is 6.89. The maximum absolute atomic E-state index is 11.7. The Morgan fingerprint density at radius 3 is 2.77 bits per heavy atom. The molecule has 76 valence electrons. The summed E-state index contributed by atoms with van der Waals surface area (Å²) < 4.78 is 0. The molecule has 13 heavy (non-hydrogen) atoms. The number of nitrogens with one attached hydrogen (secondary N) is 1. The Labute approximate surface area is 79.9 Å². The Morgan fingerprint density at radius 2 is 2.31 bits per heavy atom. The number of rotatable bonds is 4. The zero-order chi connectivity index (χ0) is 9.84. The minimum atomic E-state index is 0.0438. The summed E-state index contributed by atoms with van der Waals surface area (Å²) in [6.07, 6.45) is 2.00. The van der Waals surface area contributed by atoms with Crippen molar-refractivity contribution in [1.82, 2.24) is 15.3 Å². The van der Waals surface area contributed by atoms with Gasteiger partial charge in [-0.05, 0) is 19.4 Å². The zero-order valence-electron chi connectivity index (χ0n) is 8.71. The van der Waals surface area contributed by atoms with E-state index in [0.29, 0.717) is 0 Å². The lowest BCUT2D eigenvalue weighted by Crippen LogP contribution is -2.44. The van der Waals surface area contributed by atoms with Crippen LogP contribution in [-0.4, -0.2) is 49.2 Å². The average molecular weight is 185 g/mol. The number of hydrogen-bond donors (Lipinski definition) is 1. The molecule has 1 aliphatic rings. The molecule has 0 saturated carbocycles. The van der Waals surface area contributed by atoms with Gasteiger partial charge in [-0.1, -0.05) is 6.92 Å². The summed E-state index contributed by atoms with van der Waals surface area (Å²) in [4.78, 5) is 11.7. The molecule has 0 aromatic heterocycles. The second-order valence-electron chi connectivity index (χ2n) is 3.60. The van der Waals surface area contributed by atoms with Crippen molar-refractivity contribution in [1.29, 1.82) is 0 Å². The van der Waals surface area contributed by atoms with Crippen molar-refractivity contribution >= 4 is 5.91 Å². The first-order valence-electron chi connectivity index (χ1n) is 4.88. The van der Waals surface area contributed by atoms with Gasteiger partial charge < -0.3 is 5.32 Å². The van der Waals surface area contributed by atoms with Crippen LogP contribution in [0.2, 0.25) is 0 Å². The first-order chi connectivity index (χ1) is 6.16. The zero-order valence-corrected chi connectivity index (χ0v) is 8.71. The minimum absolute atomic E-state index is 0.0438. The number of carbonyl (C=O) groups is 1. The second-order valence-corrected chi connectivity index (χ2v) is 3.60. The summed E-state index contributed by atoms with van der Waals surface area (Å²) in [5.74, 6) is 0.207. The first-order valence-corrected chi connectivity index (χ1v) is 4.88. The molecule has 1 saturated heterocycles. The van der Waals surface area contributed by atoms with Crippen molar-refractivity contribution in [2.45, 2.75) is 25.8 Å². The lowest BCUT2D eigenvalue weighted by atomic mass is 10.2. The molecule has 4 nitrogen and oxygen atoms in total. The molecule has 0 aliphatic carbocycles. The van der Waals surface area contributed by atoms with E-state index in [2.05, 4.69) is 12.2 Å². The van der Waals surface area contributed by atoms with E-state index in [1.807, 2.05) is 19.1 Å². The van der Waals surface area contributed by atoms with E-state index in [9.17, 15) is 4.79 Å². The predicted molar refractivity (Wildman–Crippen MR) is 52.1 cm³/mol. The summed E-state index contributed by atoms with van der Waals surface area (Å²) in [7, 11) is 3.81. The Balaban J connectivity index is 2.41. The smallest absolute Gasteiger partial charge is 0.254 e. The highest BCUT2D eigenvalue weighted by molar-refractivity contribution is 5.83. The lowest BCUT2D eigenvalue weighted by molar-refractivity contribution is -0.140. The van der Waals surface area contributed by atoms with Gasteiger partial charge in [-0.25, -0.2) is 5.01 Å². The molecular weight excluding hydrogens is 166 g/mol. The summed E-state index contributed by atoms with van der Waals surface area (Å²) in [6, 6.07) is 0.0438. The Hall–Kier alpha value is -0.610. The van der Waals surface area contributed by atoms with Gasteiger partial charge in [0.15, 0.2) is 0 Å². The van der Waals surface area contributed by atoms with Gasteiger partial charge in [0.25, 0.3) is 5.91 Å². The lowest BCUT2D eigenvalue weighted by Gasteiger charge is -2.23. The first kappa shape index (κ1) is 10.5. The highest BCUT2D eigenvalue weighted by Crippen LogP contribution is 2.11. The largest absolute Gasteiger partial charge is 0.306 e. The van der Waals surface area contributed by atoms with E-state index >= 15 is 0 Å². The maximum Gasteiger partial charge on any atom is 0.254 e. The second kappa shape index (κ2) is 4.58. The van der Waals surface area contributed by atoms with Crippen LogP contribution < -0.4 is 5.32 Å². The molecule has 1 aliphatic heterocycles. The third-order valence-corrected chi connectivity index (χ3v) is 2.31. The predicted octanol–water partition coefficient (Wildman–Crippen LogP) is 0.0635. The minimum Gasteiger partial charge on any atom is -0.306 e. The van der Waals surface area contributed by atoms with Crippen molar-refractivity contribution < 1.29 is 4.79 Å². The average Bonchev–Trinajstić information content (AvgIpc) is 2.43. The Kier molecular flexibility index (Phi) is 3.69. The van der Waals surface area contributed by atoms with Crippen molar-refractivity contribution in [3.05, 3.63) is 0 Å². The van der Waals surface area contributed by atoms with Crippen LogP contribution in [0.1, 0.15) is 19.8 Å². The van der Waals surface area contributed by atoms with E-state index < -0.39 is 0 Å². The van der Waals surface area contributed by atoms with E-state index in [-0.39, 0.29) is 11.9 Å². The van der Waals surface area contributed by atoms with Crippen molar-refractivity contribution in [2.24, 2.45) is 0 Å². The molecule has 4 heteroatoms. The molecule has 0 aromatic carbocycles. The fourth-order valence-electron chi connectivity index (χ4n) is 1.57. The van der Waals surface area contributed by atoms with Gasteiger partial charge >= 0.3 is 0 Å². The number of nitrogens with zero attached hydrogens (tertiary/aromatic N) is 2. The molecule has 0 spiro atoms. The van der Waals surface area contributed by atoms with Gasteiger partial charge in [-0.2, -0.15) is 0 Å². The van der Waals surface area contributed by atoms with Gasteiger partial charge in [0.1, 0.15) is 0 Å². The molecular formula is C9H19N3O. The third-order valence-electron chi connectivity index (χ3n) is 2.31. The number of amides is 1. The summed E-state index contributed by atoms with van der Waals surface area (Å²) in [5.41, 5.74) is 0. The van der Waals surface area contributed by atoms with Crippen LogP contribution in [0.25, 0.3) is 0 Å². The standard InChI is InChI=1S/C9H19N3O/c1-4-6-10-8-5-7-12(9(8)13)11(2)3/h8,10H,4-7H2,1-3H3. The molecule has 1 heterocycles. The van der Waals surface area contributed by atoms with Crippen molar-refractivity contribution in [3.8, 4) is 0 Å². The van der Waals surface area contributed by atoms with Gasteiger partial charge in [0.2, 0.25) is 0 Å². The number of carbonyl (C=O) groups excluding carboxylic acids is 1. The number of hydrogen-bond acceptors (Lipinski definition) is 3. The fourth-order valence-corrected chi connectivity index (χ4v) is 1.57. The highest BCUT2D eigenvalue weighted by atomic mass is 16.2. The van der Waals surface area contributed by atoms with Crippen LogP contribution in [0.4, 0.5) is 0 Å². The molecule has 1 amide bonds. The van der Waals surface area contributed by atoms with E-state index in [4.69, 9.17) is 0 Å². The van der Waals surface area contributed by atoms with Gasteiger partial charge in [-0.3, -0.25) is 9.80 Å². The van der Waals surface area contributed by atoms with E-state index in [1.165, 1.54) is 0 Å². The fraction of sp³-hybridized carbons (Fsp3) is 0.889. The van der Waals surface area contributed by atoms with Crippen LogP contribution in [0.3, 0.4) is 0 Å². The van der Waals surface area contributed by atoms with Crippen LogP contribution in [0.5, 0.6) is 0 Å². The molecule has 0 bridgehead atoms. The van der Waals surface area contributed by atoms with Gasteiger partial charge in [0, 0.05) is 20.6 Å². The van der Waals surface area contributed by atoms with Crippen LogP contribution in [0, 0.1) is 0 Å². The highest BCUT2D eigenvalue weighted by Gasteiger charge is 2.31. The SMILES string of the molecule is CCCNC1CCN(N(C)C)C1=O. The third kappa shape index (κ3) is 2.42. The van der Waals surface area contributed by atoms with Crippen LogP contribution in [0.15, 0.2) is 0 Å². The van der Waals surface area contributed by atoms with Gasteiger partial charge in [-0.15, -0.1) is 0 Å². The van der Waals surface area contributed by atoms with Crippen LogP contribution in [-0.2, 0) is 4.79 Å². The summed E-state index contributed by atoms with van der Waals surface area (Å²) >= 11 is 0. The van der Waals surface area contributed by atoms with Gasteiger partial charge in [0.05, 0.1) is 6.04 Å². The maximum atomic E-state index is 11.7. The van der Waals surface area contributed by atoms with E-state index in [0.717, 1.165) is 25.9 Å². The summed E-state index contributed by atoms with van der Waals surface area (Å²) in [6.45, 7) is 3.88. The Bertz CT molecular complexity index is 182. The molecule has 1 N–H and O–H groups in total. The molecule has 0 radical (unpaired) electrons. The molecule has 1 fully saturated rings. The van der Waals surface area contributed by atoms with E-state index in [1.54, 1.807) is 5.01 Å².